The van der Waals surface area contributed by atoms with Crippen LogP contribution in [0.15, 0.2) is 22.7 Å². The molecule has 1 amide bonds. The molecule has 0 radical (unpaired) electrons. The van der Waals surface area contributed by atoms with E-state index in [0.717, 1.165) is 10.0 Å². The van der Waals surface area contributed by atoms with Crippen LogP contribution in [0.25, 0.3) is 0 Å². The molecule has 0 saturated carbocycles. The molecule has 0 aromatic heterocycles. The number of halogens is 1. The Bertz CT molecular complexity index is 553. The van der Waals surface area contributed by atoms with Gasteiger partial charge in [-0.25, -0.2) is 0 Å². The molecule has 1 fully saturated rings. The molecule has 2 N–H and O–H groups in total. The summed E-state index contributed by atoms with van der Waals surface area (Å²) in [7, 11) is 0. The first-order valence-corrected chi connectivity index (χ1v) is 7.59. The zero-order valence-electron chi connectivity index (χ0n) is 11.8. The Morgan fingerprint density at radius 3 is 2.62 bits per heavy atom. The van der Waals surface area contributed by atoms with Gasteiger partial charge in [0.15, 0.2) is 0 Å². The number of carboxylic acid groups (broad SMARTS) is 1. The van der Waals surface area contributed by atoms with Gasteiger partial charge in [0.2, 0.25) is 0 Å². The first kappa shape index (κ1) is 16.0. The van der Waals surface area contributed by atoms with E-state index in [0.29, 0.717) is 31.6 Å². The van der Waals surface area contributed by atoms with Gasteiger partial charge in [-0.1, -0.05) is 15.9 Å². The summed E-state index contributed by atoms with van der Waals surface area (Å²) in [4.78, 5) is 23.7. The first-order valence-electron chi connectivity index (χ1n) is 6.80. The number of ether oxygens (including phenoxy) is 1. The van der Waals surface area contributed by atoms with E-state index >= 15 is 0 Å². The van der Waals surface area contributed by atoms with Crippen molar-refractivity contribution in [3.05, 3.63) is 33.8 Å². The number of rotatable bonds is 4. The van der Waals surface area contributed by atoms with Crippen molar-refractivity contribution in [2.45, 2.75) is 19.8 Å². The molecule has 1 aromatic carbocycles. The summed E-state index contributed by atoms with van der Waals surface area (Å²) in [6, 6.07) is 5.30. The van der Waals surface area contributed by atoms with Gasteiger partial charge in [-0.05, 0) is 43.5 Å². The SMILES string of the molecule is Cc1cc(C(=O)NCC2(C(=O)O)CCOCC2)ccc1Br. The van der Waals surface area contributed by atoms with Crippen molar-refractivity contribution < 1.29 is 19.4 Å². The van der Waals surface area contributed by atoms with Crippen molar-refractivity contribution in [1.29, 1.82) is 0 Å². The Kier molecular flexibility index (Phi) is 5.00. The molecule has 2 rings (SSSR count). The summed E-state index contributed by atoms with van der Waals surface area (Å²) in [5.41, 5.74) is 0.572. The number of hydrogen-bond donors (Lipinski definition) is 2. The highest BCUT2D eigenvalue weighted by Gasteiger charge is 2.40. The molecule has 0 spiro atoms. The Morgan fingerprint density at radius 2 is 2.05 bits per heavy atom. The highest BCUT2D eigenvalue weighted by molar-refractivity contribution is 9.10. The van der Waals surface area contributed by atoms with Crippen LogP contribution in [0.1, 0.15) is 28.8 Å². The third kappa shape index (κ3) is 3.63. The van der Waals surface area contributed by atoms with E-state index in [9.17, 15) is 14.7 Å². The van der Waals surface area contributed by atoms with Gasteiger partial charge in [-0.2, -0.15) is 0 Å². The minimum Gasteiger partial charge on any atom is -0.481 e. The molecule has 5 nitrogen and oxygen atoms in total. The van der Waals surface area contributed by atoms with Gasteiger partial charge in [0.25, 0.3) is 5.91 Å². The lowest BCUT2D eigenvalue weighted by Gasteiger charge is -2.33. The fraction of sp³-hybridized carbons (Fsp3) is 0.467. The number of amides is 1. The van der Waals surface area contributed by atoms with Gasteiger partial charge in [0, 0.05) is 29.8 Å². The van der Waals surface area contributed by atoms with Crippen molar-refractivity contribution >= 4 is 27.8 Å². The van der Waals surface area contributed by atoms with Gasteiger partial charge in [0.1, 0.15) is 0 Å². The van der Waals surface area contributed by atoms with E-state index < -0.39 is 11.4 Å². The largest absolute Gasteiger partial charge is 0.481 e. The maximum atomic E-state index is 12.2. The molecule has 0 atom stereocenters. The Balaban J connectivity index is 2.05. The molecule has 1 aliphatic heterocycles. The lowest BCUT2D eigenvalue weighted by molar-refractivity contribution is -0.154. The predicted molar refractivity (Wildman–Crippen MR) is 81.3 cm³/mol. The summed E-state index contributed by atoms with van der Waals surface area (Å²) in [5.74, 6) is -1.13. The van der Waals surface area contributed by atoms with Crippen molar-refractivity contribution in [3.8, 4) is 0 Å². The van der Waals surface area contributed by atoms with Crippen molar-refractivity contribution in [2.24, 2.45) is 5.41 Å². The van der Waals surface area contributed by atoms with Crippen molar-refractivity contribution in [2.75, 3.05) is 19.8 Å². The molecule has 114 valence electrons. The number of nitrogens with one attached hydrogen (secondary N) is 1. The average Bonchev–Trinajstić information content (AvgIpc) is 2.48. The van der Waals surface area contributed by atoms with E-state index in [2.05, 4.69) is 21.2 Å². The lowest BCUT2D eigenvalue weighted by atomic mass is 9.80. The lowest BCUT2D eigenvalue weighted by Crippen LogP contribution is -2.46. The Hall–Kier alpha value is -1.40. The van der Waals surface area contributed by atoms with E-state index in [1.54, 1.807) is 12.1 Å². The van der Waals surface area contributed by atoms with Gasteiger partial charge in [-0.15, -0.1) is 0 Å². The molecule has 21 heavy (non-hydrogen) atoms. The first-order chi connectivity index (χ1) is 9.94. The third-order valence-electron chi connectivity index (χ3n) is 3.91. The van der Waals surface area contributed by atoms with E-state index in [4.69, 9.17) is 4.74 Å². The van der Waals surface area contributed by atoms with Crippen LogP contribution < -0.4 is 5.32 Å². The second-order valence-corrected chi connectivity index (χ2v) is 6.20. The van der Waals surface area contributed by atoms with Crippen LogP contribution in [0.5, 0.6) is 0 Å². The molecule has 1 aromatic rings. The maximum absolute atomic E-state index is 12.2. The van der Waals surface area contributed by atoms with Crippen LogP contribution in [0, 0.1) is 12.3 Å². The van der Waals surface area contributed by atoms with E-state index in [1.807, 2.05) is 13.0 Å². The Morgan fingerprint density at radius 1 is 1.38 bits per heavy atom. The van der Waals surface area contributed by atoms with Crippen LogP contribution in [0.4, 0.5) is 0 Å². The molecular formula is C15H18BrNO4. The zero-order valence-corrected chi connectivity index (χ0v) is 13.4. The molecule has 1 aliphatic rings. The minimum absolute atomic E-state index is 0.125. The fourth-order valence-corrected chi connectivity index (χ4v) is 2.61. The normalized spacial score (nSPS) is 17.2. The van der Waals surface area contributed by atoms with Crippen LogP contribution >= 0.6 is 15.9 Å². The number of carboxylic acids is 1. The molecule has 0 aliphatic carbocycles. The minimum atomic E-state index is -0.918. The fourth-order valence-electron chi connectivity index (χ4n) is 2.37. The summed E-state index contributed by atoms with van der Waals surface area (Å²) in [6.45, 7) is 2.86. The molecule has 1 heterocycles. The van der Waals surface area contributed by atoms with Crippen molar-refractivity contribution in [3.63, 3.8) is 0 Å². The van der Waals surface area contributed by atoms with Crippen LogP contribution in [0.2, 0.25) is 0 Å². The van der Waals surface area contributed by atoms with Gasteiger partial charge in [0.05, 0.1) is 5.41 Å². The summed E-state index contributed by atoms with van der Waals surface area (Å²) in [6.07, 6.45) is 0.837. The molecule has 0 bridgehead atoms. The number of hydrogen-bond acceptors (Lipinski definition) is 3. The van der Waals surface area contributed by atoms with Gasteiger partial charge in [-0.3, -0.25) is 9.59 Å². The number of benzene rings is 1. The maximum Gasteiger partial charge on any atom is 0.311 e. The van der Waals surface area contributed by atoms with Gasteiger partial charge < -0.3 is 15.2 Å². The van der Waals surface area contributed by atoms with Crippen molar-refractivity contribution in [1.82, 2.24) is 5.32 Å². The average molecular weight is 356 g/mol. The number of carbonyl (C=O) groups excluding carboxylic acids is 1. The standard InChI is InChI=1S/C15H18BrNO4/c1-10-8-11(2-3-12(10)16)13(18)17-9-15(14(19)20)4-6-21-7-5-15/h2-3,8H,4-7,9H2,1H3,(H,17,18)(H,19,20). The second-order valence-electron chi connectivity index (χ2n) is 5.34. The highest BCUT2D eigenvalue weighted by Crippen LogP contribution is 2.30. The smallest absolute Gasteiger partial charge is 0.311 e. The molecular weight excluding hydrogens is 338 g/mol. The quantitative estimate of drug-likeness (QED) is 0.869. The summed E-state index contributed by atoms with van der Waals surface area (Å²) in [5, 5.41) is 12.2. The highest BCUT2D eigenvalue weighted by atomic mass is 79.9. The van der Waals surface area contributed by atoms with Crippen LogP contribution in [0.3, 0.4) is 0 Å². The number of aliphatic carboxylic acids is 1. The zero-order chi connectivity index (χ0) is 15.5. The third-order valence-corrected chi connectivity index (χ3v) is 4.80. The van der Waals surface area contributed by atoms with Crippen LogP contribution in [-0.4, -0.2) is 36.7 Å². The topological polar surface area (TPSA) is 75.6 Å². The predicted octanol–water partition coefficient (Wildman–Crippen LogP) is 2.37. The summed E-state index contributed by atoms with van der Waals surface area (Å²) >= 11 is 3.38. The van der Waals surface area contributed by atoms with Gasteiger partial charge >= 0.3 is 5.97 Å². The molecule has 1 saturated heterocycles. The number of aryl methyl sites for hydroxylation is 1. The van der Waals surface area contributed by atoms with Crippen LogP contribution in [-0.2, 0) is 9.53 Å². The molecule has 0 unspecified atom stereocenters. The summed E-state index contributed by atoms with van der Waals surface area (Å²) < 4.78 is 6.15. The molecule has 6 heteroatoms. The Labute approximate surface area is 131 Å². The number of carbonyl (C=O) groups is 2. The van der Waals surface area contributed by atoms with E-state index in [1.165, 1.54) is 0 Å². The second kappa shape index (κ2) is 6.58. The van der Waals surface area contributed by atoms with E-state index in [-0.39, 0.29) is 12.5 Å². The monoisotopic (exact) mass is 355 g/mol.